The van der Waals surface area contributed by atoms with Gasteiger partial charge in [-0.1, -0.05) is 18.5 Å². The summed E-state index contributed by atoms with van der Waals surface area (Å²) in [5.74, 6) is -2.59. The molecule has 0 heterocycles. The molecule has 1 unspecified atom stereocenters. The molecule has 0 aliphatic heterocycles. The van der Waals surface area contributed by atoms with E-state index in [4.69, 9.17) is 16.7 Å². The molecule has 0 radical (unpaired) electrons. The van der Waals surface area contributed by atoms with Crippen LogP contribution in [-0.2, 0) is 19.4 Å². The lowest BCUT2D eigenvalue weighted by Gasteiger charge is -2.10. The second kappa shape index (κ2) is 7.42. The smallest absolute Gasteiger partial charge is 0.303 e. The minimum absolute atomic E-state index is 0.0145. The number of aliphatic carboxylic acids is 1. The molecule has 0 aliphatic carbocycles. The maximum Gasteiger partial charge on any atom is 0.303 e. The van der Waals surface area contributed by atoms with E-state index >= 15 is 0 Å². The molecule has 0 aromatic heterocycles. The number of nitrogens with one attached hydrogen (secondary N) is 1. The Hall–Kier alpha value is -1.60. The molecule has 0 bridgehead atoms. The van der Waals surface area contributed by atoms with Crippen LogP contribution in [0.3, 0.4) is 0 Å². The zero-order chi connectivity index (χ0) is 16.0. The molecule has 0 saturated heterocycles. The number of carbonyl (C=O) groups excluding carboxylic acids is 1. The van der Waals surface area contributed by atoms with Crippen molar-refractivity contribution >= 4 is 33.3 Å². The molecule has 1 aromatic carbocycles. The molecule has 0 aliphatic rings. The number of benzene rings is 1. The van der Waals surface area contributed by atoms with Gasteiger partial charge in [0.05, 0.1) is 4.90 Å². The van der Waals surface area contributed by atoms with Gasteiger partial charge in [-0.05, 0) is 30.2 Å². The van der Waals surface area contributed by atoms with Crippen LogP contribution in [0.5, 0.6) is 0 Å². The van der Waals surface area contributed by atoms with Crippen molar-refractivity contribution in [1.29, 1.82) is 0 Å². The van der Waals surface area contributed by atoms with Crippen molar-refractivity contribution in [2.75, 3.05) is 12.3 Å². The first-order valence-electron chi connectivity index (χ1n) is 6.17. The molecule has 0 fully saturated rings. The maximum absolute atomic E-state index is 12.0. The number of hydrogen-bond acceptors (Lipinski definition) is 4. The predicted molar refractivity (Wildman–Crippen MR) is 77.9 cm³/mol. The first kappa shape index (κ1) is 17.5. The first-order valence-corrected chi connectivity index (χ1v) is 8.20. The Kier molecular flexibility index (Phi) is 6.17. The summed E-state index contributed by atoms with van der Waals surface area (Å²) >= 11 is 5.67. The summed E-state index contributed by atoms with van der Waals surface area (Å²) in [7, 11) is -3.73. The summed E-state index contributed by atoms with van der Waals surface area (Å²) in [5, 5.41) is 11.4. The van der Waals surface area contributed by atoms with E-state index in [1.807, 2.05) is 0 Å². The third kappa shape index (κ3) is 6.14. The van der Waals surface area contributed by atoms with Crippen LogP contribution < -0.4 is 5.32 Å². The van der Waals surface area contributed by atoms with Gasteiger partial charge in [-0.15, -0.1) is 0 Å². The van der Waals surface area contributed by atoms with Gasteiger partial charge in [0.2, 0.25) is 5.91 Å². The van der Waals surface area contributed by atoms with E-state index in [2.05, 4.69) is 5.32 Å². The molecule has 1 amide bonds. The van der Waals surface area contributed by atoms with Crippen LogP contribution >= 0.6 is 11.6 Å². The highest BCUT2D eigenvalue weighted by molar-refractivity contribution is 7.92. The van der Waals surface area contributed by atoms with Crippen LogP contribution in [0.25, 0.3) is 0 Å². The number of carbonyl (C=O) groups is 2. The molecule has 1 rings (SSSR count). The predicted octanol–water partition coefficient (Wildman–Crippen LogP) is 1.34. The van der Waals surface area contributed by atoms with Gasteiger partial charge in [0.1, 0.15) is 5.75 Å². The summed E-state index contributed by atoms with van der Waals surface area (Å²) in [5.41, 5.74) is 0. The molecule has 0 spiro atoms. The van der Waals surface area contributed by atoms with E-state index in [1.165, 1.54) is 24.3 Å². The molecule has 1 aromatic rings. The van der Waals surface area contributed by atoms with E-state index in [9.17, 15) is 18.0 Å². The number of hydrogen-bond donors (Lipinski definition) is 2. The molecule has 21 heavy (non-hydrogen) atoms. The Morgan fingerprint density at radius 3 is 2.38 bits per heavy atom. The van der Waals surface area contributed by atoms with E-state index < -0.39 is 27.5 Å². The fraction of sp³-hybridized carbons (Fsp3) is 0.385. The molecule has 8 heteroatoms. The van der Waals surface area contributed by atoms with Crippen LogP contribution in [0.2, 0.25) is 5.02 Å². The van der Waals surface area contributed by atoms with E-state index in [0.717, 1.165) is 0 Å². The fourth-order valence-corrected chi connectivity index (χ4v) is 2.90. The van der Waals surface area contributed by atoms with Crippen molar-refractivity contribution in [3.63, 3.8) is 0 Å². The number of sulfone groups is 1. The second-order valence-corrected chi connectivity index (χ2v) is 7.15. The van der Waals surface area contributed by atoms with Gasteiger partial charge >= 0.3 is 5.97 Å². The molecule has 6 nitrogen and oxygen atoms in total. The average Bonchev–Trinajstić information content (AvgIpc) is 2.35. The SMILES string of the molecule is CC(CNC(=O)CS(=O)(=O)c1ccc(Cl)cc1)CC(=O)O. The third-order valence-electron chi connectivity index (χ3n) is 2.66. The summed E-state index contributed by atoms with van der Waals surface area (Å²) in [4.78, 5) is 22.1. The largest absolute Gasteiger partial charge is 0.481 e. The van der Waals surface area contributed by atoms with Crippen LogP contribution in [-0.4, -0.2) is 37.7 Å². The lowest BCUT2D eigenvalue weighted by atomic mass is 10.1. The first-order chi connectivity index (χ1) is 9.70. The Morgan fingerprint density at radius 1 is 1.29 bits per heavy atom. The summed E-state index contributed by atoms with van der Waals surface area (Å²) in [6.07, 6.45) is -0.0930. The average molecular weight is 334 g/mol. The zero-order valence-corrected chi connectivity index (χ0v) is 12.9. The Bertz CT molecular complexity index is 612. The van der Waals surface area contributed by atoms with Crippen molar-refractivity contribution in [2.45, 2.75) is 18.2 Å². The van der Waals surface area contributed by atoms with Gasteiger partial charge in [0.25, 0.3) is 0 Å². The van der Waals surface area contributed by atoms with Crippen LogP contribution in [0, 0.1) is 5.92 Å². The van der Waals surface area contributed by atoms with Gasteiger partial charge in [0, 0.05) is 18.0 Å². The number of rotatable bonds is 7. The Labute approximate surface area is 128 Å². The van der Waals surface area contributed by atoms with E-state index in [1.54, 1.807) is 6.92 Å². The van der Waals surface area contributed by atoms with Crippen molar-refractivity contribution in [3.05, 3.63) is 29.3 Å². The number of halogens is 1. The quantitative estimate of drug-likeness (QED) is 0.784. The summed E-state index contributed by atoms with van der Waals surface area (Å²) in [6.45, 7) is 1.77. The van der Waals surface area contributed by atoms with Crippen LogP contribution in [0.4, 0.5) is 0 Å². The normalized spacial score (nSPS) is 12.7. The van der Waals surface area contributed by atoms with Crippen LogP contribution in [0.15, 0.2) is 29.2 Å². The molecule has 116 valence electrons. The summed E-state index contributed by atoms with van der Waals surface area (Å²) < 4.78 is 24.0. The highest BCUT2D eigenvalue weighted by Gasteiger charge is 2.19. The zero-order valence-electron chi connectivity index (χ0n) is 11.4. The lowest BCUT2D eigenvalue weighted by molar-refractivity contribution is -0.138. The second-order valence-electron chi connectivity index (χ2n) is 4.72. The minimum atomic E-state index is -3.73. The van der Waals surface area contributed by atoms with Gasteiger partial charge < -0.3 is 10.4 Å². The number of carboxylic acids is 1. The highest BCUT2D eigenvalue weighted by Crippen LogP contribution is 2.15. The molecular formula is C13H16ClNO5S. The minimum Gasteiger partial charge on any atom is -0.481 e. The maximum atomic E-state index is 12.0. The fourth-order valence-electron chi connectivity index (χ4n) is 1.61. The van der Waals surface area contributed by atoms with Crippen molar-refractivity contribution in [1.82, 2.24) is 5.32 Å². The van der Waals surface area contributed by atoms with Gasteiger partial charge in [-0.2, -0.15) is 0 Å². The Morgan fingerprint density at radius 2 is 1.86 bits per heavy atom. The topological polar surface area (TPSA) is 101 Å². The van der Waals surface area contributed by atoms with Crippen molar-refractivity contribution in [2.24, 2.45) is 5.92 Å². The molecule has 2 N–H and O–H groups in total. The number of amides is 1. The van der Waals surface area contributed by atoms with Gasteiger partial charge in [-0.25, -0.2) is 8.42 Å². The Balaban J connectivity index is 2.57. The van der Waals surface area contributed by atoms with E-state index in [-0.39, 0.29) is 23.8 Å². The lowest BCUT2D eigenvalue weighted by Crippen LogP contribution is -2.34. The summed E-state index contributed by atoms with van der Waals surface area (Å²) in [6, 6.07) is 5.53. The number of carboxylic acid groups (broad SMARTS) is 1. The van der Waals surface area contributed by atoms with Crippen molar-refractivity contribution < 1.29 is 23.1 Å². The molecule has 0 saturated carbocycles. The highest BCUT2D eigenvalue weighted by atomic mass is 35.5. The van der Waals surface area contributed by atoms with Gasteiger partial charge in [-0.3, -0.25) is 9.59 Å². The standard InChI is InChI=1S/C13H16ClNO5S/c1-9(6-13(17)18)7-15-12(16)8-21(19,20)11-4-2-10(14)3-5-11/h2-5,9H,6-8H2,1H3,(H,15,16)(H,17,18). The molecule has 1 atom stereocenters. The van der Waals surface area contributed by atoms with Gasteiger partial charge in [0.15, 0.2) is 9.84 Å². The van der Waals surface area contributed by atoms with Crippen molar-refractivity contribution in [3.8, 4) is 0 Å². The third-order valence-corrected chi connectivity index (χ3v) is 4.55. The monoisotopic (exact) mass is 333 g/mol. The van der Waals surface area contributed by atoms with E-state index in [0.29, 0.717) is 5.02 Å². The molecular weight excluding hydrogens is 318 g/mol. The van der Waals surface area contributed by atoms with Crippen LogP contribution in [0.1, 0.15) is 13.3 Å².